The smallest absolute Gasteiger partial charge is 0.355 e. The van der Waals surface area contributed by atoms with E-state index in [0.29, 0.717) is 26.8 Å². The van der Waals surface area contributed by atoms with Gasteiger partial charge in [-0.3, -0.25) is 9.59 Å². The highest BCUT2D eigenvalue weighted by Crippen LogP contribution is 2.35. The molecular formula is C26H20ClN3O4S. The molecule has 9 heteroatoms. The van der Waals surface area contributed by atoms with Crippen LogP contribution < -0.4 is 15.5 Å². The van der Waals surface area contributed by atoms with E-state index in [1.54, 1.807) is 36.4 Å². The Kier molecular flexibility index (Phi) is 7.54. The molecule has 3 aromatic carbocycles. The second kappa shape index (κ2) is 10.9. The zero-order chi connectivity index (χ0) is 24.8. The Hall–Kier alpha value is -4.01. The van der Waals surface area contributed by atoms with Crippen LogP contribution in [0.25, 0.3) is 10.1 Å². The first kappa shape index (κ1) is 24.1. The van der Waals surface area contributed by atoms with Gasteiger partial charge in [0.1, 0.15) is 10.6 Å². The molecule has 2 amide bonds. The molecule has 0 saturated heterocycles. The highest BCUT2D eigenvalue weighted by Gasteiger charge is 2.18. The monoisotopic (exact) mass is 505 g/mol. The quantitative estimate of drug-likeness (QED) is 0.160. The Morgan fingerprint density at radius 2 is 1.71 bits per heavy atom. The lowest BCUT2D eigenvalue weighted by molar-refractivity contribution is -0.120. The average molecular weight is 506 g/mol. The first-order chi connectivity index (χ1) is 16.9. The normalized spacial score (nSPS) is 10.9. The first-order valence-corrected chi connectivity index (χ1v) is 11.8. The van der Waals surface area contributed by atoms with Crippen LogP contribution in [0.4, 0.5) is 0 Å². The lowest BCUT2D eigenvalue weighted by atomic mass is 10.1. The third kappa shape index (κ3) is 6.11. The van der Waals surface area contributed by atoms with Gasteiger partial charge < -0.3 is 10.1 Å². The van der Waals surface area contributed by atoms with Crippen molar-refractivity contribution in [3.8, 4) is 5.75 Å². The zero-order valence-electron chi connectivity index (χ0n) is 18.6. The number of esters is 1. The van der Waals surface area contributed by atoms with Crippen molar-refractivity contribution in [2.75, 3.05) is 6.54 Å². The number of benzene rings is 3. The number of aryl methyl sites for hydroxylation is 1. The number of hydrazone groups is 1. The van der Waals surface area contributed by atoms with Crippen LogP contribution in [0.15, 0.2) is 77.9 Å². The SMILES string of the molecule is Cc1ccc(C(=O)NCC(=O)NN=Cc2ccc(OC(=O)c3sc4ccccc4c3Cl)cc2)cc1. The molecule has 0 aliphatic heterocycles. The minimum atomic E-state index is -0.530. The van der Waals surface area contributed by atoms with Gasteiger partial charge in [0.2, 0.25) is 0 Å². The Morgan fingerprint density at radius 1 is 1.00 bits per heavy atom. The molecule has 4 rings (SSSR count). The van der Waals surface area contributed by atoms with Crippen LogP contribution in [0.5, 0.6) is 5.75 Å². The number of carbonyl (C=O) groups excluding carboxylic acids is 3. The van der Waals surface area contributed by atoms with E-state index in [1.807, 2.05) is 43.3 Å². The van der Waals surface area contributed by atoms with Gasteiger partial charge in [-0.2, -0.15) is 5.10 Å². The van der Waals surface area contributed by atoms with Crippen LogP contribution in [-0.4, -0.2) is 30.5 Å². The van der Waals surface area contributed by atoms with E-state index in [0.717, 1.165) is 15.6 Å². The number of amides is 2. The van der Waals surface area contributed by atoms with E-state index in [-0.39, 0.29) is 12.5 Å². The van der Waals surface area contributed by atoms with Crippen LogP contribution in [0.3, 0.4) is 0 Å². The first-order valence-electron chi connectivity index (χ1n) is 10.6. The third-order valence-electron chi connectivity index (χ3n) is 4.94. The Labute approximate surface area is 210 Å². The predicted molar refractivity (Wildman–Crippen MR) is 137 cm³/mol. The van der Waals surface area contributed by atoms with Gasteiger partial charge in [-0.05, 0) is 55.0 Å². The van der Waals surface area contributed by atoms with Crippen molar-refractivity contribution in [3.05, 3.63) is 99.4 Å². The van der Waals surface area contributed by atoms with Crippen LogP contribution in [-0.2, 0) is 4.79 Å². The second-order valence-electron chi connectivity index (χ2n) is 7.54. The number of hydrogen-bond donors (Lipinski definition) is 2. The summed E-state index contributed by atoms with van der Waals surface area (Å²) in [5.41, 5.74) is 4.54. The number of ether oxygens (including phenoxy) is 1. The molecule has 0 unspecified atom stereocenters. The van der Waals surface area contributed by atoms with E-state index in [1.165, 1.54) is 17.6 Å². The van der Waals surface area contributed by atoms with Crippen molar-refractivity contribution in [1.29, 1.82) is 0 Å². The lowest BCUT2D eigenvalue weighted by Gasteiger charge is -2.05. The standard InChI is InChI=1S/C26H20ClN3O4S/c1-16-6-10-18(11-7-16)25(32)28-15-22(31)30-29-14-17-8-12-19(13-9-17)34-26(33)24-23(27)20-4-2-3-5-21(20)35-24/h2-14H,15H2,1H3,(H,28,32)(H,30,31). The van der Waals surface area contributed by atoms with Gasteiger partial charge in [-0.25, -0.2) is 10.2 Å². The summed E-state index contributed by atoms with van der Waals surface area (Å²) in [7, 11) is 0. The number of nitrogens with one attached hydrogen (secondary N) is 2. The number of carbonyl (C=O) groups is 3. The molecule has 35 heavy (non-hydrogen) atoms. The summed E-state index contributed by atoms with van der Waals surface area (Å²) in [6.07, 6.45) is 1.44. The topological polar surface area (TPSA) is 96.9 Å². The predicted octanol–water partition coefficient (Wildman–Crippen LogP) is 4.96. The van der Waals surface area contributed by atoms with Crippen LogP contribution >= 0.6 is 22.9 Å². The molecule has 0 aliphatic rings. The minimum Gasteiger partial charge on any atom is -0.422 e. The maximum absolute atomic E-state index is 12.6. The number of rotatable bonds is 7. The molecule has 0 bridgehead atoms. The fourth-order valence-electron chi connectivity index (χ4n) is 3.11. The van der Waals surface area contributed by atoms with Gasteiger partial charge in [0.05, 0.1) is 17.8 Å². The summed E-state index contributed by atoms with van der Waals surface area (Å²) in [5.74, 6) is -0.986. The molecule has 0 saturated carbocycles. The largest absolute Gasteiger partial charge is 0.422 e. The highest BCUT2D eigenvalue weighted by molar-refractivity contribution is 7.21. The summed E-state index contributed by atoms with van der Waals surface area (Å²) in [6, 6.07) is 21.1. The molecule has 0 aliphatic carbocycles. The van der Waals surface area contributed by atoms with E-state index in [2.05, 4.69) is 15.8 Å². The number of hydrogen-bond acceptors (Lipinski definition) is 6. The number of thiophene rings is 1. The lowest BCUT2D eigenvalue weighted by Crippen LogP contribution is -2.34. The molecule has 1 aromatic heterocycles. The van der Waals surface area contributed by atoms with Gasteiger partial charge >= 0.3 is 5.97 Å². The molecular weight excluding hydrogens is 486 g/mol. The fourth-order valence-corrected chi connectivity index (χ4v) is 4.49. The van der Waals surface area contributed by atoms with Crippen molar-refractivity contribution in [1.82, 2.24) is 10.7 Å². The summed E-state index contributed by atoms with van der Waals surface area (Å²) in [5, 5.41) is 7.61. The Bertz CT molecular complexity index is 1410. The summed E-state index contributed by atoms with van der Waals surface area (Å²) >= 11 is 7.62. The van der Waals surface area contributed by atoms with Gasteiger partial charge in [0.25, 0.3) is 11.8 Å². The fraction of sp³-hybridized carbons (Fsp3) is 0.0769. The number of fused-ring (bicyclic) bond motifs is 1. The maximum atomic E-state index is 12.6. The molecule has 7 nitrogen and oxygen atoms in total. The van der Waals surface area contributed by atoms with Gasteiger partial charge in [0, 0.05) is 15.6 Å². The van der Waals surface area contributed by atoms with Crippen molar-refractivity contribution in [2.24, 2.45) is 5.10 Å². The van der Waals surface area contributed by atoms with Crippen molar-refractivity contribution >= 4 is 57.0 Å². The molecule has 0 fully saturated rings. The highest BCUT2D eigenvalue weighted by atomic mass is 35.5. The Balaban J connectivity index is 1.26. The third-order valence-corrected chi connectivity index (χ3v) is 6.59. The van der Waals surface area contributed by atoms with Crippen LogP contribution in [0.1, 0.15) is 31.2 Å². The van der Waals surface area contributed by atoms with Crippen LogP contribution in [0, 0.1) is 6.92 Å². The van der Waals surface area contributed by atoms with Crippen LogP contribution in [0.2, 0.25) is 5.02 Å². The summed E-state index contributed by atoms with van der Waals surface area (Å²) in [4.78, 5) is 36.9. The maximum Gasteiger partial charge on any atom is 0.355 e. The van der Waals surface area contributed by atoms with Gasteiger partial charge in [-0.15, -0.1) is 11.3 Å². The average Bonchev–Trinajstić information content (AvgIpc) is 3.21. The van der Waals surface area contributed by atoms with E-state index >= 15 is 0 Å². The molecule has 4 aromatic rings. The molecule has 0 spiro atoms. The van der Waals surface area contributed by atoms with Crippen molar-refractivity contribution in [2.45, 2.75) is 6.92 Å². The van der Waals surface area contributed by atoms with Crippen molar-refractivity contribution < 1.29 is 19.1 Å². The number of nitrogens with zero attached hydrogens (tertiary/aromatic N) is 1. The molecule has 2 N–H and O–H groups in total. The van der Waals surface area contributed by atoms with E-state index in [4.69, 9.17) is 16.3 Å². The molecule has 176 valence electrons. The molecule has 0 radical (unpaired) electrons. The summed E-state index contributed by atoms with van der Waals surface area (Å²) in [6.45, 7) is 1.72. The minimum absolute atomic E-state index is 0.209. The van der Waals surface area contributed by atoms with Gasteiger partial charge in [-0.1, -0.05) is 47.5 Å². The summed E-state index contributed by atoms with van der Waals surface area (Å²) < 4.78 is 6.35. The molecule has 0 atom stereocenters. The molecule has 1 heterocycles. The van der Waals surface area contributed by atoms with E-state index in [9.17, 15) is 14.4 Å². The van der Waals surface area contributed by atoms with Crippen molar-refractivity contribution in [3.63, 3.8) is 0 Å². The second-order valence-corrected chi connectivity index (χ2v) is 8.97. The Morgan fingerprint density at radius 3 is 2.43 bits per heavy atom. The van der Waals surface area contributed by atoms with E-state index < -0.39 is 11.9 Å². The zero-order valence-corrected chi connectivity index (χ0v) is 20.2. The number of halogens is 1. The van der Waals surface area contributed by atoms with Gasteiger partial charge in [0.15, 0.2) is 0 Å².